The summed E-state index contributed by atoms with van der Waals surface area (Å²) in [6.45, 7) is -0.000600. The maximum Gasteiger partial charge on any atom is 0.460 e. The summed E-state index contributed by atoms with van der Waals surface area (Å²) in [6.07, 6.45) is -6.35. The van der Waals surface area contributed by atoms with Crippen molar-refractivity contribution in [2.24, 2.45) is 0 Å². The minimum Gasteiger partial charge on any atom is -0.350 e. The van der Waals surface area contributed by atoms with Gasteiger partial charge in [0.25, 0.3) is 5.91 Å². The standard InChI is InChI=1S/C10H15F7N2O/c1-19(2,3)6-4-5-18-7(20)8(11,12)9(13,14)10(15,16)17/h4-6H2,1-3H3/p+1. The lowest BCUT2D eigenvalue weighted by Crippen LogP contribution is -2.59. The van der Waals surface area contributed by atoms with Crippen molar-refractivity contribution in [2.45, 2.75) is 24.4 Å². The highest BCUT2D eigenvalue weighted by Gasteiger charge is 2.76. The van der Waals surface area contributed by atoms with E-state index in [2.05, 4.69) is 0 Å². The molecule has 0 aromatic rings. The van der Waals surface area contributed by atoms with Crippen molar-refractivity contribution in [3.05, 3.63) is 0 Å². The Morgan fingerprint density at radius 2 is 1.45 bits per heavy atom. The Kier molecular flexibility index (Phi) is 5.44. The Morgan fingerprint density at radius 3 is 1.80 bits per heavy atom. The third kappa shape index (κ3) is 4.50. The molecule has 0 saturated heterocycles. The summed E-state index contributed by atoms with van der Waals surface area (Å²) in [7, 11) is 5.27. The zero-order valence-electron chi connectivity index (χ0n) is 11.1. The molecule has 1 amide bonds. The molecule has 0 aliphatic heterocycles. The Bertz CT molecular complexity index is 346. The Morgan fingerprint density at radius 1 is 1.00 bits per heavy atom. The van der Waals surface area contributed by atoms with Gasteiger partial charge in [-0.15, -0.1) is 0 Å². The van der Waals surface area contributed by atoms with Gasteiger partial charge in [-0.05, 0) is 0 Å². The number of carbonyl (C=O) groups excluding carboxylic acids is 1. The van der Waals surface area contributed by atoms with E-state index in [1.807, 2.05) is 0 Å². The number of amides is 1. The predicted molar refractivity (Wildman–Crippen MR) is 56.5 cm³/mol. The quantitative estimate of drug-likeness (QED) is 0.454. The molecule has 0 rings (SSSR count). The topological polar surface area (TPSA) is 29.1 Å². The molecule has 0 fully saturated rings. The van der Waals surface area contributed by atoms with E-state index in [4.69, 9.17) is 0 Å². The first-order valence-electron chi connectivity index (χ1n) is 5.54. The maximum atomic E-state index is 12.9. The Labute approximate surface area is 111 Å². The molecule has 0 aromatic heterocycles. The third-order valence-corrected chi connectivity index (χ3v) is 2.33. The van der Waals surface area contributed by atoms with Gasteiger partial charge < -0.3 is 9.80 Å². The van der Waals surface area contributed by atoms with E-state index in [9.17, 15) is 35.5 Å². The average molecular weight is 313 g/mol. The monoisotopic (exact) mass is 313 g/mol. The first-order chi connectivity index (χ1) is 8.63. The van der Waals surface area contributed by atoms with E-state index in [-0.39, 0.29) is 6.42 Å². The van der Waals surface area contributed by atoms with Gasteiger partial charge in [0.2, 0.25) is 0 Å². The normalized spacial score (nSPS) is 14.3. The van der Waals surface area contributed by atoms with E-state index in [0.29, 0.717) is 11.0 Å². The van der Waals surface area contributed by atoms with Crippen molar-refractivity contribution >= 4 is 5.91 Å². The van der Waals surface area contributed by atoms with Crippen LogP contribution in [0.3, 0.4) is 0 Å². The number of alkyl halides is 7. The number of quaternary nitrogens is 1. The number of nitrogens with zero attached hydrogens (tertiary/aromatic N) is 1. The Balaban J connectivity index is 4.61. The van der Waals surface area contributed by atoms with Gasteiger partial charge in [0.15, 0.2) is 0 Å². The molecule has 10 heteroatoms. The number of halogens is 7. The third-order valence-electron chi connectivity index (χ3n) is 2.33. The zero-order valence-corrected chi connectivity index (χ0v) is 11.1. The lowest BCUT2D eigenvalue weighted by atomic mass is 10.1. The van der Waals surface area contributed by atoms with Crippen LogP contribution >= 0.6 is 0 Å². The molecule has 1 N–H and O–H groups in total. The molecular formula is C10H16F7N2O+. The van der Waals surface area contributed by atoms with Gasteiger partial charge in [0.1, 0.15) is 0 Å². The molecule has 0 radical (unpaired) electrons. The summed E-state index contributed by atoms with van der Waals surface area (Å²) in [4.78, 5) is 10.8. The molecule has 0 atom stereocenters. The van der Waals surface area contributed by atoms with Gasteiger partial charge >= 0.3 is 18.0 Å². The van der Waals surface area contributed by atoms with Gasteiger partial charge in [-0.2, -0.15) is 30.7 Å². The summed E-state index contributed by atoms with van der Waals surface area (Å²) in [5.74, 6) is -14.9. The summed E-state index contributed by atoms with van der Waals surface area (Å²) >= 11 is 0. The Hall–Kier alpha value is -1.06. The van der Waals surface area contributed by atoms with Gasteiger partial charge in [-0.1, -0.05) is 0 Å². The van der Waals surface area contributed by atoms with Crippen molar-refractivity contribution in [3.8, 4) is 0 Å². The minimum absolute atomic E-state index is 0.156. The highest BCUT2D eigenvalue weighted by atomic mass is 19.4. The predicted octanol–water partition coefficient (Wildman–Crippen LogP) is 2.03. The second-order valence-corrected chi connectivity index (χ2v) is 5.27. The SMILES string of the molecule is C[N+](C)(C)CCCNC(=O)C(F)(F)C(F)(F)C(F)(F)F. The minimum atomic E-state index is -6.50. The highest BCUT2D eigenvalue weighted by Crippen LogP contribution is 2.46. The van der Waals surface area contributed by atoms with Crippen LogP contribution in [0, 0.1) is 0 Å². The molecule has 0 bridgehead atoms. The fourth-order valence-electron chi connectivity index (χ4n) is 1.19. The second-order valence-electron chi connectivity index (χ2n) is 5.27. The second kappa shape index (κ2) is 5.74. The number of nitrogens with one attached hydrogen (secondary N) is 1. The molecule has 3 nitrogen and oxygen atoms in total. The van der Waals surface area contributed by atoms with E-state index < -0.39 is 30.5 Å². The van der Waals surface area contributed by atoms with Gasteiger partial charge in [0.05, 0.1) is 27.7 Å². The van der Waals surface area contributed by atoms with Crippen LogP contribution in [0.25, 0.3) is 0 Å². The van der Waals surface area contributed by atoms with Crippen molar-refractivity contribution in [1.82, 2.24) is 5.32 Å². The summed E-state index contributed by atoms with van der Waals surface area (Å²) in [6, 6.07) is 0. The number of rotatable bonds is 6. The molecule has 20 heavy (non-hydrogen) atoms. The molecule has 0 aliphatic carbocycles. The lowest BCUT2D eigenvalue weighted by Gasteiger charge is -2.27. The molecule has 0 spiro atoms. The van der Waals surface area contributed by atoms with Crippen LogP contribution in [0.5, 0.6) is 0 Å². The molecule has 120 valence electrons. The van der Waals surface area contributed by atoms with Crippen molar-refractivity contribution in [1.29, 1.82) is 0 Å². The smallest absolute Gasteiger partial charge is 0.350 e. The number of hydrogen-bond acceptors (Lipinski definition) is 1. The molecule has 0 aliphatic rings. The number of hydrogen-bond donors (Lipinski definition) is 1. The van der Waals surface area contributed by atoms with Crippen LogP contribution in [-0.2, 0) is 4.79 Å². The summed E-state index contributed by atoms with van der Waals surface area (Å²) < 4.78 is 86.7. The van der Waals surface area contributed by atoms with Crippen LogP contribution < -0.4 is 5.32 Å². The fraction of sp³-hybridized carbons (Fsp3) is 0.900. The van der Waals surface area contributed by atoms with Crippen LogP contribution in [0.15, 0.2) is 0 Å². The largest absolute Gasteiger partial charge is 0.460 e. The fourth-order valence-corrected chi connectivity index (χ4v) is 1.19. The van der Waals surface area contributed by atoms with E-state index >= 15 is 0 Å². The van der Waals surface area contributed by atoms with Crippen LogP contribution in [0.1, 0.15) is 6.42 Å². The molecule has 0 aromatic carbocycles. The maximum absolute atomic E-state index is 12.9. The first-order valence-corrected chi connectivity index (χ1v) is 5.54. The molecule has 0 heterocycles. The van der Waals surface area contributed by atoms with Crippen LogP contribution in [-0.4, -0.2) is 62.6 Å². The van der Waals surface area contributed by atoms with Crippen LogP contribution in [0.2, 0.25) is 0 Å². The first kappa shape index (κ1) is 18.9. The van der Waals surface area contributed by atoms with E-state index in [1.54, 1.807) is 21.1 Å². The molecule has 0 saturated carbocycles. The van der Waals surface area contributed by atoms with Crippen molar-refractivity contribution in [3.63, 3.8) is 0 Å². The van der Waals surface area contributed by atoms with Gasteiger partial charge in [0, 0.05) is 13.0 Å². The van der Waals surface area contributed by atoms with Crippen molar-refractivity contribution in [2.75, 3.05) is 34.2 Å². The highest BCUT2D eigenvalue weighted by molar-refractivity contribution is 5.84. The van der Waals surface area contributed by atoms with Crippen LogP contribution in [0.4, 0.5) is 30.7 Å². The summed E-state index contributed by atoms with van der Waals surface area (Å²) in [5, 5.41) is 1.39. The average Bonchev–Trinajstić information content (AvgIpc) is 2.20. The summed E-state index contributed by atoms with van der Waals surface area (Å²) in [5.41, 5.74) is 0. The van der Waals surface area contributed by atoms with Gasteiger partial charge in [-0.3, -0.25) is 4.79 Å². The lowest BCUT2D eigenvalue weighted by molar-refractivity contribution is -0.870. The van der Waals surface area contributed by atoms with Crippen molar-refractivity contribution < 1.29 is 40.0 Å². The molecule has 0 unspecified atom stereocenters. The number of carbonyl (C=O) groups is 1. The van der Waals surface area contributed by atoms with E-state index in [1.165, 1.54) is 5.32 Å². The van der Waals surface area contributed by atoms with Gasteiger partial charge in [-0.25, -0.2) is 0 Å². The zero-order chi connectivity index (χ0) is 16.4. The van der Waals surface area contributed by atoms with E-state index in [0.717, 1.165) is 0 Å². The molecular weight excluding hydrogens is 297 g/mol.